The molecule has 1 aromatic rings. The van der Waals surface area contributed by atoms with Gasteiger partial charge in [-0.2, -0.15) is 4.98 Å². The van der Waals surface area contributed by atoms with E-state index in [1.54, 1.807) is 0 Å². The predicted molar refractivity (Wildman–Crippen MR) is 63.9 cm³/mol. The Kier molecular flexibility index (Phi) is 3.76. The van der Waals surface area contributed by atoms with Gasteiger partial charge in [0.15, 0.2) is 5.82 Å². The van der Waals surface area contributed by atoms with Crippen LogP contribution < -0.4 is 16.7 Å². The summed E-state index contributed by atoms with van der Waals surface area (Å²) in [6, 6.07) is 0. The molecule has 1 aliphatic heterocycles. The van der Waals surface area contributed by atoms with E-state index in [2.05, 4.69) is 25.8 Å². The van der Waals surface area contributed by atoms with Gasteiger partial charge >= 0.3 is 0 Å². The molecular weight excluding hydrogens is 228 g/mol. The maximum absolute atomic E-state index is 5.99. The van der Waals surface area contributed by atoms with Crippen LogP contribution in [0.2, 0.25) is 5.02 Å². The number of hydrogen-bond donors (Lipinski definition) is 3. The van der Waals surface area contributed by atoms with Crippen LogP contribution in [0.5, 0.6) is 0 Å². The average Bonchev–Trinajstić information content (AvgIpc) is 2.33. The van der Waals surface area contributed by atoms with Crippen molar-refractivity contribution in [2.24, 2.45) is 5.84 Å². The van der Waals surface area contributed by atoms with Gasteiger partial charge in [-0.1, -0.05) is 18.0 Å². The van der Waals surface area contributed by atoms with Gasteiger partial charge in [-0.15, -0.1) is 0 Å². The molecule has 0 aromatic carbocycles. The molecule has 4 N–H and O–H groups in total. The van der Waals surface area contributed by atoms with Crippen LogP contribution in [0, 0.1) is 0 Å². The van der Waals surface area contributed by atoms with E-state index in [4.69, 9.17) is 17.4 Å². The summed E-state index contributed by atoms with van der Waals surface area (Å²) in [5, 5.41) is 2.60. The van der Waals surface area contributed by atoms with Gasteiger partial charge in [0.25, 0.3) is 0 Å². The first kappa shape index (κ1) is 11.4. The Hall–Kier alpha value is -1.11. The fourth-order valence-corrected chi connectivity index (χ4v) is 1.80. The molecule has 0 aliphatic carbocycles. The van der Waals surface area contributed by atoms with E-state index >= 15 is 0 Å². The van der Waals surface area contributed by atoms with Crippen molar-refractivity contribution in [3.05, 3.63) is 11.2 Å². The molecule has 0 bridgehead atoms. The molecule has 16 heavy (non-hydrogen) atoms. The molecule has 2 rings (SSSR count). The number of nitrogen functional groups attached to an aromatic ring is 1. The first-order valence-electron chi connectivity index (χ1n) is 5.30. The monoisotopic (exact) mass is 242 g/mol. The van der Waals surface area contributed by atoms with Crippen molar-refractivity contribution in [2.75, 3.05) is 23.9 Å². The highest BCUT2D eigenvalue weighted by Crippen LogP contribution is 2.20. The molecule has 1 fully saturated rings. The van der Waals surface area contributed by atoms with Gasteiger partial charge < -0.3 is 5.43 Å². The number of hydrogen-bond acceptors (Lipinski definition) is 6. The maximum Gasteiger partial charge on any atom is 0.239 e. The molecule has 2 heterocycles. The number of anilines is 2. The van der Waals surface area contributed by atoms with Crippen LogP contribution >= 0.6 is 11.6 Å². The second kappa shape index (κ2) is 5.29. The summed E-state index contributed by atoms with van der Waals surface area (Å²) in [5.41, 5.74) is 5.57. The van der Waals surface area contributed by atoms with Crippen molar-refractivity contribution >= 4 is 23.4 Å². The summed E-state index contributed by atoms with van der Waals surface area (Å²) < 4.78 is 0. The highest BCUT2D eigenvalue weighted by Gasteiger charge is 2.12. The van der Waals surface area contributed by atoms with E-state index < -0.39 is 0 Å². The fourth-order valence-electron chi connectivity index (χ4n) is 1.67. The molecule has 0 radical (unpaired) electrons. The minimum Gasteiger partial charge on any atom is -0.302 e. The zero-order valence-electron chi connectivity index (χ0n) is 8.91. The Bertz CT molecular complexity index is 352. The lowest BCUT2D eigenvalue weighted by Gasteiger charge is -2.27. The maximum atomic E-state index is 5.99. The van der Waals surface area contributed by atoms with Crippen LogP contribution in [0.25, 0.3) is 0 Å². The topological polar surface area (TPSA) is 79.1 Å². The fraction of sp³-hybridized carbons (Fsp3) is 0.556. The number of piperidine rings is 1. The molecular formula is C9H15ClN6. The van der Waals surface area contributed by atoms with E-state index in [9.17, 15) is 0 Å². The van der Waals surface area contributed by atoms with Gasteiger partial charge in [0, 0.05) is 13.1 Å². The first-order valence-corrected chi connectivity index (χ1v) is 5.68. The molecule has 0 atom stereocenters. The van der Waals surface area contributed by atoms with Gasteiger partial charge in [-0.3, -0.25) is 5.43 Å². The summed E-state index contributed by atoms with van der Waals surface area (Å²) in [6.07, 6.45) is 5.19. The van der Waals surface area contributed by atoms with E-state index in [-0.39, 0.29) is 0 Å². The largest absolute Gasteiger partial charge is 0.302 e. The lowest BCUT2D eigenvalue weighted by molar-refractivity contribution is 0.272. The third-order valence-corrected chi connectivity index (χ3v) is 2.77. The van der Waals surface area contributed by atoms with Gasteiger partial charge in [0.2, 0.25) is 5.95 Å². The molecule has 0 unspecified atom stereocenters. The number of aromatic nitrogens is 2. The summed E-state index contributed by atoms with van der Waals surface area (Å²) >= 11 is 5.99. The van der Waals surface area contributed by atoms with Crippen molar-refractivity contribution in [3.8, 4) is 0 Å². The van der Waals surface area contributed by atoms with Crippen LogP contribution in [0.4, 0.5) is 11.8 Å². The van der Waals surface area contributed by atoms with Crippen LogP contribution in [0.15, 0.2) is 6.20 Å². The Morgan fingerprint density at radius 1 is 1.31 bits per heavy atom. The molecule has 88 valence electrons. The number of hydrazine groups is 2. The van der Waals surface area contributed by atoms with Gasteiger partial charge in [-0.25, -0.2) is 15.8 Å². The van der Waals surface area contributed by atoms with E-state index in [1.165, 1.54) is 25.5 Å². The molecule has 7 heteroatoms. The lowest BCUT2D eigenvalue weighted by Crippen LogP contribution is -2.35. The third-order valence-electron chi connectivity index (χ3n) is 2.49. The van der Waals surface area contributed by atoms with E-state index in [0.29, 0.717) is 16.8 Å². The molecule has 1 aromatic heterocycles. The number of rotatable bonds is 3. The lowest BCUT2D eigenvalue weighted by atomic mass is 10.2. The van der Waals surface area contributed by atoms with Crippen molar-refractivity contribution in [1.82, 2.24) is 15.0 Å². The second-order valence-electron chi connectivity index (χ2n) is 3.69. The Morgan fingerprint density at radius 3 is 2.75 bits per heavy atom. The number of nitrogens with two attached hydrogens (primary N) is 1. The number of halogens is 1. The second-order valence-corrected chi connectivity index (χ2v) is 4.10. The Morgan fingerprint density at radius 2 is 2.06 bits per heavy atom. The Labute approximate surface area is 99.1 Å². The normalized spacial score (nSPS) is 17.1. The quantitative estimate of drug-likeness (QED) is 0.547. The van der Waals surface area contributed by atoms with Crippen molar-refractivity contribution in [3.63, 3.8) is 0 Å². The van der Waals surface area contributed by atoms with Crippen LogP contribution in [-0.2, 0) is 0 Å². The highest BCUT2D eigenvalue weighted by atomic mass is 35.5. The summed E-state index contributed by atoms with van der Waals surface area (Å²) in [4.78, 5) is 8.07. The summed E-state index contributed by atoms with van der Waals surface area (Å²) in [6.45, 7) is 2.01. The molecule has 1 saturated heterocycles. The zero-order chi connectivity index (χ0) is 11.4. The Balaban J connectivity index is 2.06. The van der Waals surface area contributed by atoms with Gasteiger partial charge in [-0.05, 0) is 12.8 Å². The average molecular weight is 243 g/mol. The van der Waals surface area contributed by atoms with Crippen LogP contribution in [0.3, 0.4) is 0 Å². The minimum absolute atomic E-state index is 0.351. The number of nitrogens with zero attached hydrogens (tertiary/aromatic N) is 3. The first-order chi connectivity index (χ1) is 7.79. The smallest absolute Gasteiger partial charge is 0.239 e. The zero-order valence-corrected chi connectivity index (χ0v) is 9.67. The molecule has 0 amide bonds. The molecule has 6 nitrogen and oxygen atoms in total. The summed E-state index contributed by atoms with van der Waals surface area (Å²) in [7, 11) is 0. The van der Waals surface area contributed by atoms with Crippen molar-refractivity contribution < 1.29 is 0 Å². The van der Waals surface area contributed by atoms with Crippen LogP contribution in [-0.4, -0.2) is 28.1 Å². The van der Waals surface area contributed by atoms with Gasteiger partial charge in [0.1, 0.15) is 5.02 Å². The molecule has 1 aliphatic rings. The van der Waals surface area contributed by atoms with Crippen molar-refractivity contribution in [2.45, 2.75) is 19.3 Å². The molecule has 0 saturated carbocycles. The predicted octanol–water partition coefficient (Wildman–Crippen LogP) is 1.23. The highest BCUT2D eigenvalue weighted by molar-refractivity contribution is 6.32. The standard InChI is InChI=1S/C9H15ClN6/c10-7-6-12-9(14-11)13-8(7)15-16-4-2-1-3-5-16/h6H,1-5,11H2,(H2,12,13,14,15). The van der Waals surface area contributed by atoms with E-state index in [0.717, 1.165) is 13.1 Å². The van der Waals surface area contributed by atoms with Crippen LogP contribution in [0.1, 0.15) is 19.3 Å². The van der Waals surface area contributed by atoms with Gasteiger partial charge in [0.05, 0.1) is 6.20 Å². The third kappa shape index (κ3) is 2.72. The molecule has 0 spiro atoms. The number of nitrogens with one attached hydrogen (secondary N) is 2. The minimum atomic E-state index is 0.351. The van der Waals surface area contributed by atoms with Crippen molar-refractivity contribution in [1.29, 1.82) is 0 Å². The SMILES string of the molecule is NNc1ncc(Cl)c(NN2CCCCC2)n1. The van der Waals surface area contributed by atoms with E-state index in [1.807, 2.05) is 0 Å². The summed E-state index contributed by atoms with van der Waals surface area (Å²) in [5.74, 6) is 6.18.